The number of Topliss-reactive ketones (excluding diaryl/α,β-unsaturated/α-hetero) is 1. The van der Waals surface area contributed by atoms with E-state index in [2.05, 4.69) is 13.8 Å². The molecule has 1 saturated heterocycles. The fourth-order valence-corrected chi connectivity index (χ4v) is 2.66. The van der Waals surface area contributed by atoms with Gasteiger partial charge in [-0.2, -0.15) is 0 Å². The van der Waals surface area contributed by atoms with E-state index in [1.54, 1.807) is 11.8 Å². The number of ketones is 1. The molecule has 3 heteroatoms. The van der Waals surface area contributed by atoms with Gasteiger partial charge in [0.05, 0.1) is 6.04 Å². The van der Waals surface area contributed by atoms with Gasteiger partial charge in [0, 0.05) is 13.0 Å². The maximum absolute atomic E-state index is 11.8. The summed E-state index contributed by atoms with van der Waals surface area (Å²) in [7, 11) is 0. The Morgan fingerprint density at radius 1 is 1.50 bits per heavy atom. The molecule has 0 N–H and O–H groups in total. The second-order valence-electron chi connectivity index (χ2n) is 5.28. The lowest BCUT2D eigenvalue weighted by molar-refractivity contribution is -0.135. The minimum absolute atomic E-state index is 0.112. The Balaban J connectivity index is 2.63. The average Bonchev–Trinajstić information content (AvgIpc) is 2.46. The topological polar surface area (TPSA) is 37.4 Å². The van der Waals surface area contributed by atoms with Crippen LogP contribution in [0.1, 0.15) is 47.0 Å². The van der Waals surface area contributed by atoms with Crippen molar-refractivity contribution in [2.45, 2.75) is 53.0 Å². The molecular weight excluding hydrogens is 202 g/mol. The predicted octanol–water partition coefficient (Wildman–Crippen LogP) is 2.25. The van der Waals surface area contributed by atoms with Crippen molar-refractivity contribution in [1.29, 1.82) is 0 Å². The predicted molar refractivity (Wildman–Crippen MR) is 64.0 cm³/mol. The zero-order chi connectivity index (χ0) is 12.3. The summed E-state index contributed by atoms with van der Waals surface area (Å²) in [6.45, 7) is 8.67. The zero-order valence-electron chi connectivity index (χ0n) is 10.8. The Hall–Kier alpha value is -0.860. The highest BCUT2D eigenvalue weighted by atomic mass is 16.2. The molecule has 16 heavy (non-hydrogen) atoms. The van der Waals surface area contributed by atoms with Crippen LogP contribution in [0.3, 0.4) is 0 Å². The zero-order valence-corrected chi connectivity index (χ0v) is 10.8. The molecule has 0 aromatic carbocycles. The number of hydrogen-bond donors (Lipinski definition) is 0. The van der Waals surface area contributed by atoms with Gasteiger partial charge in [0.25, 0.3) is 0 Å². The second kappa shape index (κ2) is 5.46. The van der Waals surface area contributed by atoms with Crippen LogP contribution in [0.25, 0.3) is 0 Å². The monoisotopic (exact) mass is 225 g/mol. The van der Waals surface area contributed by atoms with Gasteiger partial charge in [-0.3, -0.25) is 9.59 Å². The molecule has 0 aromatic heterocycles. The summed E-state index contributed by atoms with van der Waals surface area (Å²) in [5.74, 6) is 1.34. The van der Waals surface area contributed by atoms with E-state index in [1.807, 2.05) is 6.92 Å². The molecule has 3 nitrogen and oxygen atoms in total. The Morgan fingerprint density at radius 3 is 2.56 bits per heavy atom. The number of carbonyl (C=O) groups is 2. The van der Waals surface area contributed by atoms with E-state index >= 15 is 0 Å². The maximum atomic E-state index is 11.8. The van der Waals surface area contributed by atoms with Gasteiger partial charge in [-0.25, -0.2) is 0 Å². The van der Waals surface area contributed by atoms with Crippen molar-refractivity contribution < 1.29 is 9.59 Å². The molecule has 0 aromatic rings. The van der Waals surface area contributed by atoms with Crippen LogP contribution in [0.5, 0.6) is 0 Å². The van der Waals surface area contributed by atoms with Crippen LogP contribution < -0.4 is 0 Å². The van der Waals surface area contributed by atoms with E-state index in [0.717, 1.165) is 19.4 Å². The first kappa shape index (κ1) is 13.2. The van der Waals surface area contributed by atoms with Gasteiger partial charge in [-0.05, 0) is 31.6 Å². The summed E-state index contributed by atoms with van der Waals surface area (Å²) >= 11 is 0. The molecule has 1 rings (SSSR count). The number of likely N-dealkylation sites (tertiary alicyclic amines) is 1. The lowest BCUT2D eigenvalue weighted by Gasteiger charge is -2.25. The minimum atomic E-state index is -0.190. The number of rotatable bonds is 5. The molecule has 1 heterocycles. The van der Waals surface area contributed by atoms with Gasteiger partial charge < -0.3 is 4.90 Å². The van der Waals surface area contributed by atoms with Gasteiger partial charge >= 0.3 is 0 Å². The quantitative estimate of drug-likeness (QED) is 0.719. The van der Waals surface area contributed by atoms with E-state index in [1.165, 1.54) is 0 Å². The Morgan fingerprint density at radius 2 is 2.12 bits per heavy atom. The SMILES string of the molecule is CCC(C(C)=O)N1CC(CC(C)C)CC1=O. The van der Waals surface area contributed by atoms with E-state index in [0.29, 0.717) is 18.3 Å². The van der Waals surface area contributed by atoms with Crippen molar-refractivity contribution in [2.75, 3.05) is 6.54 Å². The summed E-state index contributed by atoms with van der Waals surface area (Å²) in [6, 6.07) is -0.190. The van der Waals surface area contributed by atoms with Crippen LogP contribution in [-0.4, -0.2) is 29.2 Å². The molecule has 0 bridgehead atoms. The standard InChI is InChI=1S/C13H23NO2/c1-5-12(10(4)15)14-8-11(6-9(2)3)7-13(14)16/h9,11-12H,5-8H2,1-4H3. The summed E-state index contributed by atoms with van der Waals surface area (Å²) in [5.41, 5.74) is 0. The third-order valence-electron chi connectivity index (χ3n) is 3.28. The maximum Gasteiger partial charge on any atom is 0.223 e. The van der Waals surface area contributed by atoms with Gasteiger partial charge in [0.2, 0.25) is 5.91 Å². The van der Waals surface area contributed by atoms with Crippen LogP contribution >= 0.6 is 0 Å². The smallest absolute Gasteiger partial charge is 0.223 e. The van der Waals surface area contributed by atoms with Crippen LogP contribution in [-0.2, 0) is 9.59 Å². The van der Waals surface area contributed by atoms with Gasteiger partial charge in [-0.15, -0.1) is 0 Å². The fraction of sp³-hybridized carbons (Fsp3) is 0.846. The van der Waals surface area contributed by atoms with Crippen molar-refractivity contribution in [2.24, 2.45) is 11.8 Å². The summed E-state index contributed by atoms with van der Waals surface area (Å²) in [4.78, 5) is 25.1. The van der Waals surface area contributed by atoms with Crippen LogP contribution in [0.15, 0.2) is 0 Å². The van der Waals surface area contributed by atoms with E-state index in [4.69, 9.17) is 0 Å². The normalized spacial score (nSPS) is 22.9. The summed E-state index contributed by atoms with van der Waals surface area (Å²) in [5, 5.41) is 0. The Bertz CT molecular complexity index is 273. The Kier molecular flexibility index (Phi) is 4.51. The highest BCUT2D eigenvalue weighted by molar-refractivity contribution is 5.88. The third-order valence-corrected chi connectivity index (χ3v) is 3.28. The number of hydrogen-bond acceptors (Lipinski definition) is 2. The molecule has 2 atom stereocenters. The molecule has 2 unspecified atom stereocenters. The number of amides is 1. The first-order valence-electron chi connectivity index (χ1n) is 6.25. The number of carbonyl (C=O) groups excluding carboxylic acids is 2. The molecule has 1 aliphatic rings. The lowest BCUT2D eigenvalue weighted by Crippen LogP contribution is -2.40. The van der Waals surface area contributed by atoms with Crippen LogP contribution in [0, 0.1) is 11.8 Å². The minimum Gasteiger partial charge on any atom is -0.332 e. The highest BCUT2D eigenvalue weighted by Crippen LogP contribution is 2.26. The fourth-order valence-electron chi connectivity index (χ4n) is 2.66. The molecule has 1 aliphatic heterocycles. The third kappa shape index (κ3) is 3.06. The largest absolute Gasteiger partial charge is 0.332 e. The van der Waals surface area contributed by atoms with Crippen molar-refractivity contribution >= 4 is 11.7 Å². The Labute approximate surface area is 98.2 Å². The summed E-state index contributed by atoms with van der Waals surface area (Å²) in [6.07, 6.45) is 2.44. The molecule has 0 radical (unpaired) electrons. The van der Waals surface area contributed by atoms with E-state index in [-0.39, 0.29) is 17.7 Å². The van der Waals surface area contributed by atoms with Crippen molar-refractivity contribution in [3.05, 3.63) is 0 Å². The van der Waals surface area contributed by atoms with E-state index < -0.39 is 0 Å². The van der Waals surface area contributed by atoms with Crippen LogP contribution in [0.2, 0.25) is 0 Å². The summed E-state index contributed by atoms with van der Waals surface area (Å²) < 4.78 is 0. The molecule has 0 saturated carbocycles. The molecular formula is C13H23NO2. The van der Waals surface area contributed by atoms with Crippen molar-refractivity contribution in [1.82, 2.24) is 4.90 Å². The number of nitrogens with zero attached hydrogens (tertiary/aromatic N) is 1. The first-order chi connectivity index (χ1) is 7.45. The van der Waals surface area contributed by atoms with Gasteiger partial charge in [0.1, 0.15) is 0 Å². The molecule has 0 spiro atoms. The lowest BCUT2D eigenvalue weighted by atomic mass is 9.96. The first-order valence-corrected chi connectivity index (χ1v) is 6.25. The molecule has 1 amide bonds. The average molecular weight is 225 g/mol. The second-order valence-corrected chi connectivity index (χ2v) is 5.28. The van der Waals surface area contributed by atoms with Gasteiger partial charge in [0.15, 0.2) is 5.78 Å². The van der Waals surface area contributed by atoms with E-state index in [9.17, 15) is 9.59 Å². The molecule has 92 valence electrons. The van der Waals surface area contributed by atoms with Gasteiger partial charge in [-0.1, -0.05) is 20.8 Å². The van der Waals surface area contributed by atoms with Crippen molar-refractivity contribution in [3.63, 3.8) is 0 Å². The van der Waals surface area contributed by atoms with Crippen LogP contribution in [0.4, 0.5) is 0 Å². The highest BCUT2D eigenvalue weighted by Gasteiger charge is 2.35. The molecule has 1 fully saturated rings. The van der Waals surface area contributed by atoms with Crippen molar-refractivity contribution in [3.8, 4) is 0 Å². The molecule has 0 aliphatic carbocycles.